The molecule has 0 aliphatic heterocycles. The summed E-state index contributed by atoms with van der Waals surface area (Å²) in [4.78, 5) is 37.1. The molecule has 2 rings (SSSR count). The number of nitrogens with zero attached hydrogens (tertiary/aromatic N) is 3. The highest BCUT2D eigenvalue weighted by molar-refractivity contribution is 5.99. The summed E-state index contributed by atoms with van der Waals surface area (Å²) in [5, 5.41) is 17.3. The van der Waals surface area contributed by atoms with Crippen LogP contribution in [-0.2, 0) is 4.79 Å². The molecule has 144 valence electrons. The first-order valence-corrected chi connectivity index (χ1v) is 8.52. The van der Waals surface area contributed by atoms with Crippen LogP contribution in [0.25, 0.3) is 0 Å². The SMILES string of the molecule is Cc1ccc(C(=O)N(CCC(C)C)CC(=O)Nc2ccon2)cc1[N+](=O)[O-]. The number of nitrogens with one attached hydrogen (secondary N) is 1. The molecule has 2 aromatic rings. The molecule has 0 aliphatic carbocycles. The van der Waals surface area contributed by atoms with Crippen molar-refractivity contribution in [3.05, 3.63) is 51.8 Å². The Morgan fingerprint density at radius 1 is 1.33 bits per heavy atom. The number of nitro benzene ring substituents is 1. The molecule has 0 bridgehead atoms. The van der Waals surface area contributed by atoms with Crippen molar-refractivity contribution < 1.29 is 19.0 Å². The molecule has 0 radical (unpaired) electrons. The summed E-state index contributed by atoms with van der Waals surface area (Å²) >= 11 is 0. The van der Waals surface area contributed by atoms with Gasteiger partial charge in [0.1, 0.15) is 12.8 Å². The molecule has 9 heteroatoms. The van der Waals surface area contributed by atoms with E-state index in [2.05, 4.69) is 15.0 Å². The van der Waals surface area contributed by atoms with Crippen LogP contribution in [0.2, 0.25) is 0 Å². The van der Waals surface area contributed by atoms with Gasteiger partial charge in [0, 0.05) is 29.8 Å². The van der Waals surface area contributed by atoms with Gasteiger partial charge in [-0.05, 0) is 25.3 Å². The Hall–Kier alpha value is -3.23. The van der Waals surface area contributed by atoms with E-state index in [0.29, 0.717) is 24.4 Å². The lowest BCUT2D eigenvalue weighted by molar-refractivity contribution is -0.385. The molecule has 0 spiro atoms. The van der Waals surface area contributed by atoms with E-state index in [4.69, 9.17) is 0 Å². The van der Waals surface area contributed by atoms with Crippen molar-refractivity contribution >= 4 is 23.3 Å². The molecular formula is C18H22N4O5. The first-order chi connectivity index (χ1) is 12.8. The largest absolute Gasteiger partial charge is 0.363 e. The minimum Gasteiger partial charge on any atom is -0.363 e. The molecule has 27 heavy (non-hydrogen) atoms. The standard InChI is InChI=1S/C18H22N4O5/c1-12(2)6-8-21(11-17(23)19-16-7-9-27-20-16)18(24)14-5-4-13(3)15(10-14)22(25)26/h4-5,7,9-10,12H,6,8,11H2,1-3H3,(H,19,20,23). The quantitative estimate of drug-likeness (QED) is 0.560. The van der Waals surface area contributed by atoms with Crippen LogP contribution in [0, 0.1) is 23.0 Å². The van der Waals surface area contributed by atoms with Crippen LogP contribution in [0.4, 0.5) is 11.5 Å². The fraction of sp³-hybridized carbons (Fsp3) is 0.389. The maximum absolute atomic E-state index is 12.9. The maximum atomic E-state index is 12.9. The normalized spacial score (nSPS) is 10.7. The number of amides is 2. The van der Waals surface area contributed by atoms with E-state index in [1.54, 1.807) is 6.92 Å². The molecule has 1 aromatic carbocycles. The fourth-order valence-electron chi connectivity index (χ4n) is 2.42. The summed E-state index contributed by atoms with van der Waals surface area (Å²) in [5.41, 5.74) is 0.510. The van der Waals surface area contributed by atoms with Crippen molar-refractivity contribution in [2.24, 2.45) is 5.92 Å². The van der Waals surface area contributed by atoms with Crippen LogP contribution in [0.3, 0.4) is 0 Å². The fourth-order valence-corrected chi connectivity index (χ4v) is 2.42. The molecule has 9 nitrogen and oxygen atoms in total. The molecular weight excluding hydrogens is 352 g/mol. The van der Waals surface area contributed by atoms with E-state index < -0.39 is 16.7 Å². The Kier molecular flexibility index (Phi) is 6.64. The van der Waals surface area contributed by atoms with E-state index in [9.17, 15) is 19.7 Å². The molecule has 0 unspecified atom stereocenters. The molecule has 0 aliphatic rings. The Labute approximate surface area is 156 Å². The minimum absolute atomic E-state index is 0.128. The second kappa shape index (κ2) is 8.93. The minimum atomic E-state index is -0.526. The van der Waals surface area contributed by atoms with Gasteiger partial charge in [0.25, 0.3) is 11.6 Å². The van der Waals surface area contributed by atoms with E-state index in [1.165, 1.54) is 35.4 Å². The number of nitro groups is 1. The lowest BCUT2D eigenvalue weighted by Crippen LogP contribution is -2.39. The van der Waals surface area contributed by atoms with Gasteiger partial charge < -0.3 is 14.7 Å². The smallest absolute Gasteiger partial charge is 0.273 e. The van der Waals surface area contributed by atoms with Crippen LogP contribution < -0.4 is 5.32 Å². The third-order valence-electron chi connectivity index (χ3n) is 3.96. The molecule has 1 heterocycles. The van der Waals surface area contributed by atoms with Crippen LogP contribution in [-0.4, -0.2) is 39.9 Å². The second-order valence-electron chi connectivity index (χ2n) is 6.60. The van der Waals surface area contributed by atoms with Crippen LogP contribution in [0.1, 0.15) is 36.2 Å². The van der Waals surface area contributed by atoms with Gasteiger partial charge in [0.05, 0.1) is 4.92 Å². The highest BCUT2D eigenvalue weighted by atomic mass is 16.6. The number of rotatable bonds is 8. The molecule has 0 saturated heterocycles. The third kappa shape index (κ3) is 5.63. The van der Waals surface area contributed by atoms with Crippen LogP contribution >= 0.6 is 0 Å². The lowest BCUT2D eigenvalue weighted by Gasteiger charge is -2.23. The number of carbonyl (C=O) groups is 2. The number of hydrogen-bond donors (Lipinski definition) is 1. The van der Waals surface area contributed by atoms with E-state index >= 15 is 0 Å². The molecule has 0 fully saturated rings. The number of aromatic nitrogens is 1. The first-order valence-electron chi connectivity index (χ1n) is 8.52. The first kappa shape index (κ1) is 20.1. The predicted molar refractivity (Wildman–Crippen MR) is 98.3 cm³/mol. The van der Waals surface area contributed by atoms with E-state index in [0.717, 1.165) is 0 Å². The van der Waals surface area contributed by atoms with Gasteiger partial charge in [0.2, 0.25) is 5.91 Å². The van der Waals surface area contributed by atoms with Crippen LogP contribution in [0.5, 0.6) is 0 Å². The van der Waals surface area contributed by atoms with Crippen molar-refractivity contribution in [1.82, 2.24) is 10.1 Å². The molecule has 1 aromatic heterocycles. The summed E-state index contributed by atoms with van der Waals surface area (Å²) in [6, 6.07) is 5.79. The Balaban J connectivity index is 2.19. The van der Waals surface area contributed by atoms with Gasteiger partial charge in [0.15, 0.2) is 5.82 Å². The zero-order valence-electron chi connectivity index (χ0n) is 15.5. The average Bonchev–Trinajstić information content (AvgIpc) is 3.10. The van der Waals surface area contributed by atoms with Gasteiger partial charge in [-0.2, -0.15) is 0 Å². The average molecular weight is 374 g/mol. The van der Waals surface area contributed by atoms with Crippen molar-refractivity contribution in [3.63, 3.8) is 0 Å². The Bertz CT molecular complexity index is 817. The van der Waals surface area contributed by atoms with E-state index in [1.807, 2.05) is 13.8 Å². The highest BCUT2D eigenvalue weighted by Gasteiger charge is 2.22. The van der Waals surface area contributed by atoms with Gasteiger partial charge in [-0.1, -0.05) is 25.1 Å². The molecule has 1 N–H and O–H groups in total. The number of carbonyl (C=O) groups excluding carboxylic acids is 2. The maximum Gasteiger partial charge on any atom is 0.273 e. The van der Waals surface area contributed by atoms with Crippen molar-refractivity contribution in [1.29, 1.82) is 0 Å². The molecule has 2 amide bonds. The zero-order chi connectivity index (χ0) is 20.0. The summed E-state index contributed by atoms with van der Waals surface area (Å²) in [7, 11) is 0. The lowest BCUT2D eigenvalue weighted by atomic mass is 10.1. The number of aryl methyl sites for hydroxylation is 1. The number of benzene rings is 1. The van der Waals surface area contributed by atoms with Gasteiger partial charge in [-0.15, -0.1) is 0 Å². The van der Waals surface area contributed by atoms with Crippen molar-refractivity contribution in [2.75, 3.05) is 18.4 Å². The third-order valence-corrected chi connectivity index (χ3v) is 3.96. The van der Waals surface area contributed by atoms with Gasteiger partial charge >= 0.3 is 0 Å². The summed E-state index contributed by atoms with van der Waals surface area (Å²) in [5.74, 6) is -0.287. The molecule has 0 atom stereocenters. The Morgan fingerprint density at radius 3 is 2.67 bits per heavy atom. The second-order valence-corrected chi connectivity index (χ2v) is 6.60. The van der Waals surface area contributed by atoms with Gasteiger partial charge in [-0.3, -0.25) is 19.7 Å². The Morgan fingerprint density at radius 2 is 2.07 bits per heavy atom. The van der Waals surface area contributed by atoms with Gasteiger partial charge in [-0.25, -0.2) is 0 Å². The monoisotopic (exact) mass is 374 g/mol. The van der Waals surface area contributed by atoms with Crippen molar-refractivity contribution in [2.45, 2.75) is 27.2 Å². The van der Waals surface area contributed by atoms with Crippen molar-refractivity contribution in [3.8, 4) is 0 Å². The molecule has 0 saturated carbocycles. The number of anilines is 1. The number of hydrogen-bond acceptors (Lipinski definition) is 6. The predicted octanol–water partition coefficient (Wildman–Crippen LogP) is 3.02. The topological polar surface area (TPSA) is 119 Å². The summed E-state index contributed by atoms with van der Waals surface area (Å²) < 4.78 is 4.65. The summed E-state index contributed by atoms with van der Waals surface area (Å²) in [6.45, 7) is 5.78. The summed E-state index contributed by atoms with van der Waals surface area (Å²) in [6.07, 6.45) is 2.01. The highest BCUT2D eigenvalue weighted by Crippen LogP contribution is 2.20. The van der Waals surface area contributed by atoms with Crippen LogP contribution in [0.15, 0.2) is 35.1 Å². The zero-order valence-corrected chi connectivity index (χ0v) is 15.5. The van der Waals surface area contributed by atoms with E-state index in [-0.39, 0.29) is 23.6 Å².